The number of H-pyrrole nitrogens is 2. The molecule has 2 aromatic carbocycles. The van der Waals surface area contributed by atoms with Gasteiger partial charge in [-0.15, -0.1) is 0 Å². The Morgan fingerprint density at radius 1 is 0.582 bits per heavy atom. The zero-order valence-corrected chi connectivity index (χ0v) is 31.0. The van der Waals surface area contributed by atoms with Gasteiger partial charge in [-0.2, -0.15) is 0 Å². The molecule has 0 spiro atoms. The number of rotatable bonds is 18. The molecule has 19 heteroatoms. The molecule has 0 bridgehead atoms. The minimum atomic E-state index is -1.41. The molecule has 2 heterocycles. The Labute approximate surface area is 327 Å². The van der Waals surface area contributed by atoms with E-state index in [0.717, 1.165) is 22.5 Å². The first-order valence-corrected chi connectivity index (χ1v) is 16.9. The van der Waals surface area contributed by atoms with Crippen LogP contribution in [0.4, 0.5) is 0 Å². The maximum atomic E-state index is 12.6. The summed E-state index contributed by atoms with van der Waals surface area (Å²) in [6.07, 6.45) is 3.27. The van der Waals surface area contributed by atoms with Gasteiger partial charge < -0.3 is 62.5 Å². The summed E-state index contributed by atoms with van der Waals surface area (Å²) in [5.74, 6) is -5.18. The molecule has 0 aliphatic carbocycles. The summed E-state index contributed by atoms with van der Waals surface area (Å²) < 4.78 is 0. The van der Waals surface area contributed by atoms with Crippen molar-refractivity contribution in [2.45, 2.75) is 63.7 Å². The summed E-state index contributed by atoms with van der Waals surface area (Å²) in [4.78, 5) is 85.5. The Hall–Kier alpha value is -5.88. The number of aromatic amines is 2. The van der Waals surface area contributed by atoms with Crippen LogP contribution >= 0.6 is 0 Å². The largest absolute Gasteiger partial charge is 2.00 e. The van der Waals surface area contributed by atoms with E-state index in [1.807, 2.05) is 0 Å². The average molecular weight is 808 g/mol. The SMILES string of the molecule is Cc1[nH]cnc1C[C@H](NC(=O)CN)C(=O)N[C@@H](Cc1ccccc1)C(=O)[O-].Cc1[nH]cnc1C[C@H](NC(=O)CN)C(=O)N[C@@H](Cc1ccccc1)C(=O)[O-].[Cu+2]. The topological polar surface area (TPSA) is 306 Å². The molecule has 4 atom stereocenters. The van der Waals surface area contributed by atoms with Gasteiger partial charge in [-0.1, -0.05) is 60.7 Å². The fourth-order valence-electron chi connectivity index (χ4n) is 5.13. The second-order valence-electron chi connectivity index (χ2n) is 12.1. The molecule has 0 aliphatic rings. The van der Waals surface area contributed by atoms with E-state index >= 15 is 0 Å². The Balaban J connectivity index is 0.000000373. The van der Waals surface area contributed by atoms with Crippen molar-refractivity contribution >= 4 is 35.6 Å². The van der Waals surface area contributed by atoms with Crippen molar-refractivity contribution in [3.63, 3.8) is 0 Å². The Morgan fingerprint density at radius 2 is 0.927 bits per heavy atom. The normalized spacial score (nSPS) is 12.6. The second-order valence-corrected chi connectivity index (χ2v) is 12.1. The molecular formula is C36H44CuN10O8. The molecule has 4 rings (SSSR count). The van der Waals surface area contributed by atoms with Gasteiger partial charge >= 0.3 is 17.1 Å². The first-order valence-electron chi connectivity index (χ1n) is 16.9. The van der Waals surface area contributed by atoms with Crippen molar-refractivity contribution in [2.75, 3.05) is 13.1 Å². The molecule has 18 nitrogen and oxygen atoms in total. The molecule has 55 heavy (non-hydrogen) atoms. The van der Waals surface area contributed by atoms with Crippen LogP contribution in [0.3, 0.4) is 0 Å². The predicted molar refractivity (Wildman–Crippen MR) is 190 cm³/mol. The number of carboxylic acid groups (broad SMARTS) is 2. The molecule has 10 N–H and O–H groups in total. The molecule has 4 aromatic rings. The molecule has 1 radical (unpaired) electrons. The number of carboxylic acids is 2. The number of aryl methyl sites for hydroxylation is 2. The van der Waals surface area contributed by atoms with Gasteiger partial charge in [0.15, 0.2) is 0 Å². The predicted octanol–water partition coefficient (Wildman–Crippen LogP) is -3.64. The van der Waals surface area contributed by atoms with E-state index in [4.69, 9.17) is 11.5 Å². The van der Waals surface area contributed by atoms with E-state index in [0.29, 0.717) is 11.4 Å². The third-order valence-corrected chi connectivity index (χ3v) is 8.11. The third kappa shape index (κ3) is 15.2. The van der Waals surface area contributed by atoms with Crippen molar-refractivity contribution in [1.29, 1.82) is 0 Å². The van der Waals surface area contributed by atoms with E-state index in [2.05, 4.69) is 41.2 Å². The smallest absolute Gasteiger partial charge is 0.548 e. The standard InChI is InChI=1S/2C18H23N5O4.Cu/c2*1-11-13(21-10-20-11)8-14(22-16(24)9-19)17(25)23-15(18(26)27)7-12-5-3-2-4-6-12;/h2*2-6,10,14-15H,7-9,19H2,1H3,(H,20,21)(H,22,24)(H,23,25)(H,26,27);/q;;+2/p-2/t2*14-,15-;/m00./s1. The first-order chi connectivity index (χ1) is 25.8. The van der Waals surface area contributed by atoms with Crippen LogP contribution in [0.15, 0.2) is 73.3 Å². The molecular weight excluding hydrogens is 764 g/mol. The number of carbonyl (C=O) groups is 6. The number of nitrogens with zero attached hydrogens (tertiary/aromatic N) is 2. The van der Waals surface area contributed by atoms with Gasteiger partial charge in [0, 0.05) is 24.2 Å². The number of benzene rings is 2. The molecule has 0 saturated heterocycles. The summed E-state index contributed by atoms with van der Waals surface area (Å²) in [7, 11) is 0. The van der Waals surface area contributed by atoms with Crippen molar-refractivity contribution in [3.05, 3.63) is 107 Å². The van der Waals surface area contributed by atoms with Crippen LogP contribution in [0.5, 0.6) is 0 Å². The van der Waals surface area contributed by atoms with E-state index in [-0.39, 0.29) is 55.8 Å². The van der Waals surface area contributed by atoms with Gasteiger partial charge in [0.1, 0.15) is 12.1 Å². The second kappa shape index (κ2) is 23.0. The Kier molecular flexibility index (Phi) is 19.0. The quantitative estimate of drug-likeness (QED) is 0.0452. The number of amides is 4. The van der Waals surface area contributed by atoms with E-state index in [1.165, 1.54) is 12.7 Å². The van der Waals surface area contributed by atoms with E-state index in [1.54, 1.807) is 74.5 Å². The van der Waals surface area contributed by atoms with Gasteiger partial charge in [0.2, 0.25) is 23.6 Å². The Morgan fingerprint density at radius 3 is 1.20 bits per heavy atom. The maximum Gasteiger partial charge on any atom is 2.00 e. The Bertz CT molecular complexity index is 1720. The van der Waals surface area contributed by atoms with Gasteiger partial charge in [-0.3, -0.25) is 19.2 Å². The minimum absolute atomic E-state index is 0. The van der Waals surface area contributed by atoms with Crippen molar-refractivity contribution in [1.82, 2.24) is 41.2 Å². The summed E-state index contributed by atoms with van der Waals surface area (Å²) >= 11 is 0. The summed E-state index contributed by atoms with van der Waals surface area (Å²) in [5, 5.41) is 32.8. The van der Waals surface area contributed by atoms with Crippen LogP contribution in [-0.2, 0) is 71.5 Å². The van der Waals surface area contributed by atoms with Crippen LogP contribution in [0, 0.1) is 13.8 Å². The maximum absolute atomic E-state index is 12.6. The summed E-state index contributed by atoms with van der Waals surface area (Å²) in [6.45, 7) is 2.97. The van der Waals surface area contributed by atoms with E-state index < -0.39 is 59.7 Å². The molecule has 4 amide bonds. The zero-order chi connectivity index (χ0) is 39.6. The molecule has 2 aromatic heterocycles. The molecule has 0 saturated carbocycles. The van der Waals surface area contributed by atoms with Crippen LogP contribution in [0.2, 0.25) is 0 Å². The number of hydrogen-bond donors (Lipinski definition) is 8. The van der Waals surface area contributed by atoms with Crippen molar-refractivity contribution < 1.29 is 56.0 Å². The summed E-state index contributed by atoms with van der Waals surface area (Å²) in [6, 6.07) is 13.2. The third-order valence-electron chi connectivity index (χ3n) is 8.11. The van der Waals surface area contributed by atoms with Gasteiger partial charge in [0.05, 0.1) is 61.2 Å². The molecule has 0 fully saturated rings. The van der Waals surface area contributed by atoms with Gasteiger partial charge in [-0.25, -0.2) is 9.97 Å². The fraction of sp³-hybridized carbons (Fsp3) is 0.333. The first kappa shape index (κ1) is 45.3. The number of aromatic nitrogens is 4. The van der Waals surface area contributed by atoms with Crippen LogP contribution in [0.25, 0.3) is 0 Å². The van der Waals surface area contributed by atoms with Gasteiger partial charge in [-0.05, 0) is 37.8 Å². The zero-order valence-electron chi connectivity index (χ0n) is 30.1. The van der Waals surface area contributed by atoms with Crippen LogP contribution < -0.4 is 42.9 Å². The van der Waals surface area contributed by atoms with Crippen LogP contribution in [0.1, 0.15) is 33.9 Å². The minimum Gasteiger partial charge on any atom is -0.548 e. The molecule has 0 unspecified atom stereocenters. The number of hydrogen-bond acceptors (Lipinski definition) is 12. The number of imidazole rings is 2. The monoisotopic (exact) mass is 807 g/mol. The van der Waals surface area contributed by atoms with E-state index in [9.17, 15) is 39.0 Å². The average Bonchev–Trinajstić information content (AvgIpc) is 3.77. The van der Waals surface area contributed by atoms with Crippen molar-refractivity contribution in [2.24, 2.45) is 11.5 Å². The summed E-state index contributed by atoms with van der Waals surface area (Å²) in [5.41, 5.74) is 14.7. The number of carbonyl (C=O) groups excluding carboxylic acids is 6. The number of aliphatic carboxylic acids is 2. The van der Waals surface area contributed by atoms with Crippen LogP contribution in [-0.4, -0.2) is 92.8 Å². The number of nitrogens with one attached hydrogen (secondary N) is 6. The molecule has 0 aliphatic heterocycles. The van der Waals surface area contributed by atoms with Crippen molar-refractivity contribution in [3.8, 4) is 0 Å². The number of nitrogens with two attached hydrogens (primary N) is 2. The molecule has 297 valence electrons. The fourth-order valence-corrected chi connectivity index (χ4v) is 5.13. The van der Waals surface area contributed by atoms with Gasteiger partial charge in [0.25, 0.3) is 0 Å².